The first kappa shape index (κ1) is 20.2. The molecule has 2 N–H and O–H groups in total. The summed E-state index contributed by atoms with van der Waals surface area (Å²) >= 11 is 1.13. The van der Waals surface area contributed by atoms with E-state index in [1.54, 1.807) is 12.1 Å². The van der Waals surface area contributed by atoms with Crippen LogP contribution in [0.5, 0.6) is 0 Å². The third-order valence-corrected chi connectivity index (χ3v) is 5.28. The molecular weight excluding hydrogens is 382 g/mol. The number of hydrogen-bond acceptors (Lipinski definition) is 7. The number of aromatic nitrogens is 1. The molecule has 28 heavy (non-hydrogen) atoms. The summed E-state index contributed by atoms with van der Waals surface area (Å²) in [6.07, 6.45) is 2.81. The van der Waals surface area contributed by atoms with Gasteiger partial charge in [-0.3, -0.25) is 19.7 Å². The summed E-state index contributed by atoms with van der Waals surface area (Å²) in [5, 5.41) is 5.81. The summed E-state index contributed by atoms with van der Waals surface area (Å²) in [5.74, 6) is -0.986. The number of fused-ring (bicyclic) bond motifs is 1. The van der Waals surface area contributed by atoms with Crippen LogP contribution in [0, 0.1) is 5.92 Å². The standard InChI is InChI=1S/C19H23N3O5S/c1-11(2)26-8-4-6-20-17(24)12-9-13-16(14(23)10-12)28-19(21-13)22-18(25)15-5-3-7-27-15/h3,5,7,11-12H,4,6,8-10H2,1-2H3,(H,20,24)(H,21,22,25)/t12-/m1/s1. The molecule has 0 aromatic carbocycles. The molecule has 0 aliphatic heterocycles. The molecular formula is C19H23N3O5S. The minimum absolute atomic E-state index is 0.125. The van der Waals surface area contributed by atoms with Crippen molar-refractivity contribution >= 4 is 34.1 Å². The number of ether oxygens (including phenoxy) is 1. The molecule has 0 bridgehead atoms. The smallest absolute Gasteiger partial charge is 0.293 e. The third kappa shape index (κ3) is 5.05. The molecule has 3 rings (SSSR count). The summed E-state index contributed by atoms with van der Waals surface area (Å²) in [4.78, 5) is 41.7. The maximum absolute atomic E-state index is 12.4. The quantitative estimate of drug-likeness (QED) is 0.653. The topological polar surface area (TPSA) is 111 Å². The molecule has 0 saturated heterocycles. The van der Waals surface area contributed by atoms with Gasteiger partial charge in [0.25, 0.3) is 5.91 Å². The molecule has 1 atom stereocenters. The number of anilines is 1. The zero-order chi connectivity index (χ0) is 20.1. The molecule has 9 heteroatoms. The number of hydrogen-bond donors (Lipinski definition) is 2. The van der Waals surface area contributed by atoms with E-state index in [0.717, 1.165) is 17.8 Å². The van der Waals surface area contributed by atoms with Gasteiger partial charge in [0.15, 0.2) is 16.7 Å². The fourth-order valence-electron chi connectivity index (χ4n) is 2.88. The van der Waals surface area contributed by atoms with Gasteiger partial charge in [-0.2, -0.15) is 0 Å². The monoisotopic (exact) mass is 405 g/mol. The van der Waals surface area contributed by atoms with Crippen molar-refractivity contribution < 1.29 is 23.5 Å². The summed E-state index contributed by atoms with van der Waals surface area (Å²) in [6, 6.07) is 3.16. The number of rotatable bonds is 8. The first-order valence-electron chi connectivity index (χ1n) is 9.21. The van der Waals surface area contributed by atoms with Gasteiger partial charge in [-0.1, -0.05) is 11.3 Å². The third-order valence-electron chi connectivity index (χ3n) is 4.23. The zero-order valence-electron chi connectivity index (χ0n) is 15.8. The van der Waals surface area contributed by atoms with Crippen molar-refractivity contribution in [3.8, 4) is 0 Å². The van der Waals surface area contributed by atoms with Crippen molar-refractivity contribution in [1.29, 1.82) is 0 Å². The summed E-state index contributed by atoms with van der Waals surface area (Å²) in [7, 11) is 0. The van der Waals surface area contributed by atoms with Gasteiger partial charge in [0.2, 0.25) is 5.91 Å². The highest BCUT2D eigenvalue weighted by atomic mass is 32.1. The van der Waals surface area contributed by atoms with E-state index in [9.17, 15) is 14.4 Å². The SMILES string of the molecule is CC(C)OCCCNC(=O)[C@H]1CC(=O)c2sc(NC(=O)c3ccco3)nc2C1. The van der Waals surface area contributed by atoms with Gasteiger partial charge in [0, 0.05) is 26.0 Å². The molecule has 150 valence electrons. The van der Waals surface area contributed by atoms with Crippen LogP contribution in [-0.4, -0.2) is 41.8 Å². The van der Waals surface area contributed by atoms with Crippen LogP contribution in [0.15, 0.2) is 22.8 Å². The fourth-order valence-corrected chi connectivity index (χ4v) is 3.82. The van der Waals surface area contributed by atoms with Gasteiger partial charge in [0.1, 0.15) is 0 Å². The Bertz CT molecular complexity index is 844. The number of carbonyl (C=O) groups excluding carboxylic acids is 3. The van der Waals surface area contributed by atoms with Crippen LogP contribution in [0.4, 0.5) is 5.13 Å². The first-order chi connectivity index (χ1) is 13.4. The van der Waals surface area contributed by atoms with E-state index < -0.39 is 11.8 Å². The Kier molecular flexibility index (Phi) is 6.58. The summed E-state index contributed by atoms with van der Waals surface area (Å²) < 4.78 is 10.5. The zero-order valence-corrected chi connectivity index (χ0v) is 16.6. The highest BCUT2D eigenvalue weighted by Gasteiger charge is 2.33. The second kappa shape index (κ2) is 9.11. The van der Waals surface area contributed by atoms with Gasteiger partial charge >= 0.3 is 0 Å². The Morgan fingerprint density at radius 2 is 2.21 bits per heavy atom. The van der Waals surface area contributed by atoms with Crippen molar-refractivity contribution in [1.82, 2.24) is 10.3 Å². The summed E-state index contributed by atoms with van der Waals surface area (Å²) in [6.45, 7) is 5.01. The maximum Gasteiger partial charge on any atom is 0.293 e. The van der Waals surface area contributed by atoms with E-state index in [-0.39, 0.29) is 30.0 Å². The number of amides is 2. The van der Waals surface area contributed by atoms with E-state index in [1.165, 1.54) is 6.26 Å². The van der Waals surface area contributed by atoms with Crippen LogP contribution in [0.1, 0.15) is 52.6 Å². The van der Waals surface area contributed by atoms with Gasteiger partial charge in [-0.15, -0.1) is 0 Å². The molecule has 1 aliphatic carbocycles. The Labute approximate surface area is 166 Å². The minimum Gasteiger partial charge on any atom is -0.459 e. The molecule has 0 fully saturated rings. The van der Waals surface area contributed by atoms with Gasteiger partial charge < -0.3 is 14.5 Å². The van der Waals surface area contributed by atoms with Crippen molar-refractivity contribution in [2.45, 2.75) is 39.2 Å². The van der Waals surface area contributed by atoms with Crippen LogP contribution in [-0.2, 0) is 16.0 Å². The molecule has 2 heterocycles. The lowest BCUT2D eigenvalue weighted by Gasteiger charge is -2.19. The van der Waals surface area contributed by atoms with E-state index >= 15 is 0 Å². The number of ketones is 1. The number of nitrogens with zero attached hydrogens (tertiary/aromatic N) is 1. The maximum atomic E-state index is 12.4. The average Bonchev–Trinajstić information content (AvgIpc) is 3.30. The lowest BCUT2D eigenvalue weighted by atomic mass is 9.89. The van der Waals surface area contributed by atoms with Crippen LogP contribution < -0.4 is 10.6 Å². The molecule has 0 saturated carbocycles. The molecule has 2 amide bonds. The first-order valence-corrected chi connectivity index (χ1v) is 10.0. The summed E-state index contributed by atoms with van der Waals surface area (Å²) in [5.41, 5.74) is 0.555. The predicted molar refractivity (Wildman–Crippen MR) is 104 cm³/mol. The largest absolute Gasteiger partial charge is 0.459 e. The van der Waals surface area contributed by atoms with Gasteiger partial charge in [0.05, 0.1) is 28.9 Å². The Balaban J connectivity index is 1.55. The molecule has 0 spiro atoms. The molecule has 2 aromatic heterocycles. The van der Waals surface area contributed by atoms with Crippen molar-refractivity contribution in [2.24, 2.45) is 5.92 Å². The molecule has 0 radical (unpaired) electrons. The lowest BCUT2D eigenvalue weighted by Crippen LogP contribution is -2.36. The van der Waals surface area contributed by atoms with Crippen LogP contribution in [0.25, 0.3) is 0 Å². The number of thiazole rings is 1. The Morgan fingerprint density at radius 3 is 2.93 bits per heavy atom. The second-order valence-electron chi connectivity index (χ2n) is 6.82. The second-order valence-corrected chi connectivity index (χ2v) is 7.82. The van der Waals surface area contributed by atoms with Crippen molar-refractivity contribution in [2.75, 3.05) is 18.5 Å². The predicted octanol–water partition coefficient (Wildman–Crippen LogP) is 2.66. The van der Waals surface area contributed by atoms with Crippen molar-refractivity contribution in [3.63, 3.8) is 0 Å². The van der Waals surface area contributed by atoms with E-state index in [2.05, 4.69) is 15.6 Å². The lowest BCUT2D eigenvalue weighted by molar-refractivity contribution is -0.125. The molecule has 2 aromatic rings. The Morgan fingerprint density at radius 1 is 1.39 bits per heavy atom. The fraction of sp³-hybridized carbons (Fsp3) is 0.474. The molecule has 1 aliphatic rings. The molecule has 0 unspecified atom stereocenters. The van der Waals surface area contributed by atoms with E-state index in [1.807, 2.05) is 13.8 Å². The van der Waals surface area contributed by atoms with Gasteiger partial charge in [-0.05, 0) is 32.4 Å². The van der Waals surface area contributed by atoms with Crippen LogP contribution in [0.2, 0.25) is 0 Å². The van der Waals surface area contributed by atoms with Crippen molar-refractivity contribution in [3.05, 3.63) is 34.7 Å². The number of furan rings is 1. The van der Waals surface area contributed by atoms with E-state index in [4.69, 9.17) is 9.15 Å². The van der Waals surface area contributed by atoms with Crippen LogP contribution >= 0.6 is 11.3 Å². The normalized spacial score (nSPS) is 16.1. The number of carbonyl (C=O) groups is 3. The highest BCUT2D eigenvalue weighted by Crippen LogP contribution is 2.32. The van der Waals surface area contributed by atoms with E-state index in [0.29, 0.717) is 35.3 Å². The highest BCUT2D eigenvalue weighted by molar-refractivity contribution is 7.17. The minimum atomic E-state index is -0.443. The molecule has 8 nitrogen and oxygen atoms in total. The number of nitrogens with one attached hydrogen (secondary N) is 2. The average molecular weight is 405 g/mol. The van der Waals surface area contributed by atoms with Gasteiger partial charge in [-0.25, -0.2) is 4.98 Å². The Hall–Kier alpha value is -2.52. The van der Waals surface area contributed by atoms with Crippen LogP contribution in [0.3, 0.4) is 0 Å². The number of Topliss-reactive ketones (excluding diaryl/α,β-unsaturated/α-hetero) is 1.